The molecule has 0 radical (unpaired) electrons. The molecule has 6 nitrogen and oxygen atoms in total. The minimum atomic E-state index is -0.481. The molecule has 0 spiro atoms. The van der Waals surface area contributed by atoms with Gasteiger partial charge in [-0.25, -0.2) is 14.8 Å². The Kier molecular flexibility index (Phi) is 7.37. The highest BCUT2D eigenvalue weighted by molar-refractivity contribution is 9.10. The minimum absolute atomic E-state index is 0.0920. The van der Waals surface area contributed by atoms with Crippen molar-refractivity contribution in [2.24, 2.45) is 5.10 Å². The Balaban J connectivity index is 1.71. The van der Waals surface area contributed by atoms with Crippen molar-refractivity contribution in [3.05, 3.63) is 86.9 Å². The Bertz CT molecular complexity index is 1090. The fraction of sp³-hybridized carbons (Fsp3) is 0.0952. The van der Waals surface area contributed by atoms with Gasteiger partial charge in [0.2, 0.25) is 0 Å². The van der Waals surface area contributed by atoms with Gasteiger partial charge in [0.05, 0.1) is 23.4 Å². The van der Waals surface area contributed by atoms with Crippen molar-refractivity contribution in [3.8, 4) is 11.5 Å². The molecule has 0 aliphatic rings. The summed E-state index contributed by atoms with van der Waals surface area (Å²) in [5, 5.41) is 4.03. The molecule has 0 aliphatic carbocycles. The van der Waals surface area contributed by atoms with E-state index in [9.17, 15) is 9.18 Å². The molecule has 2 aromatic carbocycles. The van der Waals surface area contributed by atoms with E-state index in [2.05, 4.69) is 31.4 Å². The molecule has 0 saturated carbocycles. The molecule has 30 heavy (non-hydrogen) atoms. The van der Waals surface area contributed by atoms with Gasteiger partial charge < -0.3 is 9.47 Å². The highest BCUT2D eigenvalue weighted by Crippen LogP contribution is 2.36. The summed E-state index contributed by atoms with van der Waals surface area (Å²) in [5.41, 5.74) is 3.95. The number of aromatic nitrogens is 1. The maximum absolute atomic E-state index is 13.3. The van der Waals surface area contributed by atoms with Crippen molar-refractivity contribution in [2.75, 3.05) is 7.11 Å². The second kappa shape index (κ2) is 10.2. The van der Waals surface area contributed by atoms with E-state index in [-0.39, 0.29) is 23.1 Å². The predicted molar refractivity (Wildman–Crippen MR) is 116 cm³/mol. The van der Waals surface area contributed by atoms with E-state index in [1.165, 1.54) is 31.7 Å². The third kappa shape index (κ3) is 5.55. The molecule has 0 fully saturated rings. The number of nitrogens with zero attached hydrogens (tertiary/aromatic N) is 2. The standard InChI is InChI=1S/C21H16BrClFN3O3/c1-29-18-10-14(11-26-27-21(28)16-6-3-7-25-20(16)23)9-17(22)19(18)30-12-13-4-2-5-15(24)8-13/h2-11H,12H2,1H3,(H,27,28). The van der Waals surface area contributed by atoms with Crippen molar-refractivity contribution in [1.29, 1.82) is 0 Å². The molecule has 1 amide bonds. The molecule has 0 bridgehead atoms. The molecular formula is C21H16BrClFN3O3. The first-order chi connectivity index (χ1) is 14.5. The molecule has 3 rings (SSSR count). The van der Waals surface area contributed by atoms with E-state index in [0.717, 1.165) is 0 Å². The van der Waals surface area contributed by atoms with Crippen molar-refractivity contribution in [1.82, 2.24) is 10.4 Å². The lowest BCUT2D eigenvalue weighted by molar-refractivity contribution is 0.0955. The number of hydrogen-bond donors (Lipinski definition) is 1. The number of halogens is 3. The van der Waals surface area contributed by atoms with E-state index in [1.807, 2.05) is 0 Å². The van der Waals surface area contributed by atoms with Crippen LogP contribution in [0.5, 0.6) is 11.5 Å². The van der Waals surface area contributed by atoms with Gasteiger partial charge in [-0.3, -0.25) is 4.79 Å². The molecule has 1 N–H and O–H groups in total. The van der Waals surface area contributed by atoms with Crippen LogP contribution in [0.4, 0.5) is 4.39 Å². The van der Waals surface area contributed by atoms with Crippen LogP contribution in [0.25, 0.3) is 0 Å². The number of carbonyl (C=O) groups excluding carboxylic acids is 1. The Morgan fingerprint density at radius 1 is 1.30 bits per heavy atom. The number of carbonyl (C=O) groups is 1. The largest absolute Gasteiger partial charge is 0.493 e. The molecule has 0 aliphatic heterocycles. The second-order valence-electron chi connectivity index (χ2n) is 5.99. The second-order valence-corrected chi connectivity index (χ2v) is 7.21. The van der Waals surface area contributed by atoms with Crippen molar-refractivity contribution < 1.29 is 18.7 Å². The van der Waals surface area contributed by atoms with Gasteiger partial charge >= 0.3 is 0 Å². The summed E-state index contributed by atoms with van der Waals surface area (Å²) in [7, 11) is 1.50. The number of hydrogen-bond acceptors (Lipinski definition) is 5. The summed E-state index contributed by atoms with van der Waals surface area (Å²) < 4.78 is 25.1. The van der Waals surface area contributed by atoms with Crippen LogP contribution in [0.3, 0.4) is 0 Å². The Hall–Kier alpha value is -2.97. The summed E-state index contributed by atoms with van der Waals surface area (Å²) in [4.78, 5) is 16.0. The third-order valence-electron chi connectivity index (χ3n) is 3.91. The van der Waals surface area contributed by atoms with Crippen molar-refractivity contribution in [3.63, 3.8) is 0 Å². The maximum atomic E-state index is 13.3. The van der Waals surface area contributed by atoms with Crippen LogP contribution >= 0.6 is 27.5 Å². The first-order valence-corrected chi connectivity index (χ1v) is 9.83. The van der Waals surface area contributed by atoms with Gasteiger partial charge in [0.15, 0.2) is 11.5 Å². The smallest absolute Gasteiger partial charge is 0.274 e. The molecule has 1 heterocycles. The average molecular weight is 493 g/mol. The fourth-order valence-corrected chi connectivity index (χ4v) is 3.30. The average Bonchev–Trinajstić information content (AvgIpc) is 2.73. The number of ether oxygens (including phenoxy) is 2. The molecule has 0 atom stereocenters. The van der Waals surface area contributed by atoms with Crippen LogP contribution in [-0.4, -0.2) is 24.2 Å². The highest BCUT2D eigenvalue weighted by Gasteiger charge is 2.12. The lowest BCUT2D eigenvalue weighted by Crippen LogP contribution is -2.18. The fourth-order valence-electron chi connectivity index (χ4n) is 2.52. The number of rotatable bonds is 7. The molecular weight excluding hydrogens is 477 g/mol. The maximum Gasteiger partial charge on any atom is 0.274 e. The zero-order valence-electron chi connectivity index (χ0n) is 15.7. The monoisotopic (exact) mass is 491 g/mol. The number of benzene rings is 2. The molecule has 154 valence electrons. The van der Waals surface area contributed by atoms with E-state index in [1.54, 1.807) is 36.4 Å². The molecule has 0 saturated heterocycles. The quantitative estimate of drug-likeness (QED) is 0.287. The van der Waals surface area contributed by atoms with Gasteiger partial charge in [-0.2, -0.15) is 5.10 Å². The normalized spacial score (nSPS) is 10.8. The number of amides is 1. The predicted octanol–water partition coefficient (Wildman–Crippen LogP) is 4.99. The topological polar surface area (TPSA) is 72.8 Å². The summed E-state index contributed by atoms with van der Waals surface area (Å²) in [5.74, 6) is 0.0997. The van der Waals surface area contributed by atoms with E-state index >= 15 is 0 Å². The zero-order valence-corrected chi connectivity index (χ0v) is 18.1. The van der Waals surface area contributed by atoms with E-state index in [0.29, 0.717) is 27.1 Å². The number of nitrogens with one attached hydrogen (secondary N) is 1. The van der Waals surface area contributed by atoms with Crippen LogP contribution in [-0.2, 0) is 6.61 Å². The molecule has 3 aromatic rings. The highest BCUT2D eigenvalue weighted by atomic mass is 79.9. The van der Waals surface area contributed by atoms with Gasteiger partial charge in [-0.1, -0.05) is 23.7 Å². The number of pyridine rings is 1. The Labute approximate surface area is 185 Å². The molecule has 9 heteroatoms. The van der Waals surface area contributed by atoms with Gasteiger partial charge in [-0.05, 0) is 63.5 Å². The van der Waals surface area contributed by atoms with Gasteiger partial charge in [-0.15, -0.1) is 0 Å². The van der Waals surface area contributed by atoms with Crippen molar-refractivity contribution >= 4 is 39.7 Å². The first-order valence-electron chi connectivity index (χ1n) is 8.66. The molecule has 1 aromatic heterocycles. The van der Waals surface area contributed by atoms with Crippen LogP contribution < -0.4 is 14.9 Å². The van der Waals surface area contributed by atoms with Gasteiger partial charge in [0, 0.05) is 6.20 Å². The summed E-state index contributed by atoms with van der Waals surface area (Å²) in [6.07, 6.45) is 2.94. The van der Waals surface area contributed by atoms with Crippen molar-refractivity contribution in [2.45, 2.75) is 6.61 Å². The summed E-state index contributed by atoms with van der Waals surface area (Å²) >= 11 is 9.33. The van der Waals surface area contributed by atoms with Gasteiger partial charge in [0.25, 0.3) is 5.91 Å². The van der Waals surface area contributed by atoms with Crippen LogP contribution in [0.15, 0.2) is 64.3 Å². The summed E-state index contributed by atoms with van der Waals surface area (Å²) in [6.45, 7) is 0.169. The minimum Gasteiger partial charge on any atom is -0.493 e. The first kappa shape index (κ1) is 21.7. The third-order valence-corrected chi connectivity index (χ3v) is 4.80. The SMILES string of the molecule is COc1cc(C=NNC(=O)c2cccnc2Cl)cc(Br)c1OCc1cccc(F)c1. The Morgan fingerprint density at radius 3 is 2.87 bits per heavy atom. The van der Waals surface area contributed by atoms with Crippen LogP contribution in [0, 0.1) is 5.82 Å². The number of methoxy groups -OCH3 is 1. The van der Waals surface area contributed by atoms with Crippen LogP contribution in [0.2, 0.25) is 5.15 Å². The summed E-state index contributed by atoms with van der Waals surface area (Å²) in [6, 6.07) is 12.7. The van der Waals surface area contributed by atoms with E-state index in [4.69, 9.17) is 21.1 Å². The Morgan fingerprint density at radius 2 is 2.13 bits per heavy atom. The number of hydrazone groups is 1. The lowest BCUT2D eigenvalue weighted by atomic mass is 10.2. The van der Waals surface area contributed by atoms with E-state index < -0.39 is 5.91 Å². The van der Waals surface area contributed by atoms with Gasteiger partial charge in [0.1, 0.15) is 17.6 Å². The zero-order chi connectivity index (χ0) is 21.5. The lowest BCUT2D eigenvalue weighted by Gasteiger charge is -2.13. The molecule has 0 unspecified atom stereocenters. The van der Waals surface area contributed by atoms with Crippen LogP contribution in [0.1, 0.15) is 21.5 Å².